The van der Waals surface area contributed by atoms with Crippen LogP contribution in [0.4, 0.5) is 26.3 Å². The Morgan fingerprint density at radius 2 is 1.28 bits per heavy atom. The average Bonchev–Trinajstić information content (AvgIpc) is 3.36. The summed E-state index contributed by atoms with van der Waals surface area (Å²) in [7, 11) is 0. The summed E-state index contributed by atoms with van der Waals surface area (Å²) in [6.45, 7) is 2.34. The summed E-state index contributed by atoms with van der Waals surface area (Å²) in [5, 5.41) is 0. The van der Waals surface area contributed by atoms with Gasteiger partial charge >= 0.3 is 12.3 Å². The van der Waals surface area contributed by atoms with E-state index >= 15 is 0 Å². The molecule has 0 N–H and O–H groups in total. The minimum Gasteiger partial charge on any atom is -0.429 e. The Bertz CT molecular complexity index is 1200. The molecule has 0 saturated heterocycles. The van der Waals surface area contributed by atoms with E-state index in [0.29, 0.717) is 24.1 Å². The number of hydrogen-bond acceptors (Lipinski definition) is 1. The highest BCUT2D eigenvalue weighted by atomic mass is 19.4. The van der Waals surface area contributed by atoms with Gasteiger partial charge in [0.1, 0.15) is 11.6 Å². The fourth-order valence-electron chi connectivity index (χ4n) is 5.99. The molecule has 0 bridgehead atoms. The van der Waals surface area contributed by atoms with Gasteiger partial charge in [-0.2, -0.15) is 22.0 Å². The van der Waals surface area contributed by atoms with Crippen LogP contribution in [-0.4, -0.2) is 0 Å². The maximum absolute atomic E-state index is 14.6. The van der Waals surface area contributed by atoms with Crippen molar-refractivity contribution in [1.29, 1.82) is 0 Å². The van der Waals surface area contributed by atoms with E-state index in [0.717, 1.165) is 28.9 Å². The fraction of sp³-hybridized carbons (Fsp3) is 0.379. The molecule has 2 unspecified atom stereocenters. The zero-order valence-corrected chi connectivity index (χ0v) is 19.7. The van der Waals surface area contributed by atoms with Crippen LogP contribution in [0.15, 0.2) is 66.7 Å². The molecule has 2 aliphatic rings. The predicted molar refractivity (Wildman–Crippen MR) is 125 cm³/mol. The molecule has 190 valence electrons. The Hall–Kier alpha value is -2.96. The van der Waals surface area contributed by atoms with Crippen LogP contribution in [0.3, 0.4) is 0 Å². The Morgan fingerprint density at radius 1 is 0.722 bits per heavy atom. The maximum atomic E-state index is 14.6. The largest absolute Gasteiger partial charge is 0.429 e. The van der Waals surface area contributed by atoms with Crippen molar-refractivity contribution in [3.8, 4) is 16.9 Å². The summed E-state index contributed by atoms with van der Waals surface area (Å²) in [6, 6.07) is 15.1. The molecule has 0 radical (unpaired) electrons. The van der Waals surface area contributed by atoms with Crippen molar-refractivity contribution in [2.24, 2.45) is 17.8 Å². The lowest BCUT2D eigenvalue weighted by molar-refractivity contribution is -0.185. The van der Waals surface area contributed by atoms with Crippen LogP contribution in [0, 0.1) is 23.6 Å². The molecule has 36 heavy (non-hydrogen) atoms. The Morgan fingerprint density at radius 3 is 1.81 bits per heavy atom. The summed E-state index contributed by atoms with van der Waals surface area (Å²) >= 11 is 0. The lowest BCUT2D eigenvalue weighted by atomic mass is 9.91. The smallest absolute Gasteiger partial charge is 0.426 e. The lowest BCUT2D eigenvalue weighted by Crippen LogP contribution is -2.22. The van der Waals surface area contributed by atoms with Crippen molar-refractivity contribution in [2.75, 3.05) is 0 Å². The molecule has 0 aromatic heterocycles. The molecule has 3 aromatic carbocycles. The SMILES string of the molecule is CC1CC2CC(c3ccc(-c4ccc(C(F)(F)Oc5ccc(C(F)(F)F)c(F)c5)cc4)cc3)CC2C1. The van der Waals surface area contributed by atoms with Gasteiger partial charge in [0.05, 0.1) is 11.1 Å². The molecule has 7 heteroatoms. The number of alkyl halides is 5. The van der Waals surface area contributed by atoms with Crippen molar-refractivity contribution in [3.05, 3.63) is 89.2 Å². The van der Waals surface area contributed by atoms with Gasteiger partial charge in [-0.1, -0.05) is 43.3 Å². The molecule has 1 nitrogen and oxygen atoms in total. The van der Waals surface area contributed by atoms with Crippen LogP contribution < -0.4 is 4.74 Å². The topological polar surface area (TPSA) is 9.23 Å². The third-order valence-corrected chi connectivity index (χ3v) is 7.68. The molecular weight excluding hydrogens is 478 g/mol. The van der Waals surface area contributed by atoms with Crippen LogP contribution in [0.1, 0.15) is 55.2 Å². The van der Waals surface area contributed by atoms with Crippen LogP contribution in [0.2, 0.25) is 0 Å². The van der Waals surface area contributed by atoms with Crippen molar-refractivity contribution in [2.45, 2.75) is 50.8 Å². The van der Waals surface area contributed by atoms with E-state index in [-0.39, 0.29) is 0 Å². The molecule has 0 spiro atoms. The maximum Gasteiger partial charge on any atom is 0.426 e. The van der Waals surface area contributed by atoms with E-state index in [1.807, 2.05) is 12.1 Å². The van der Waals surface area contributed by atoms with Gasteiger partial charge in [0.25, 0.3) is 0 Å². The van der Waals surface area contributed by atoms with E-state index in [2.05, 4.69) is 23.8 Å². The number of fused-ring (bicyclic) bond motifs is 1. The number of ether oxygens (including phenoxy) is 1. The molecule has 0 amide bonds. The summed E-state index contributed by atoms with van der Waals surface area (Å²) in [6.07, 6.45) is -3.65. The van der Waals surface area contributed by atoms with Crippen molar-refractivity contribution >= 4 is 0 Å². The van der Waals surface area contributed by atoms with Gasteiger partial charge in [-0.05, 0) is 90.3 Å². The van der Waals surface area contributed by atoms with Gasteiger partial charge in [-0.25, -0.2) is 4.39 Å². The van der Waals surface area contributed by atoms with Crippen LogP contribution in [0.25, 0.3) is 11.1 Å². The third-order valence-electron chi connectivity index (χ3n) is 7.68. The first-order chi connectivity index (χ1) is 17.0. The molecular formula is C29H26F6O. The number of rotatable bonds is 5. The van der Waals surface area contributed by atoms with Crippen molar-refractivity contribution in [1.82, 2.24) is 0 Å². The van der Waals surface area contributed by atoms with Crippen LogP contribution in [-0.2, 0) is 12.3 Å². The molecule has 0 heterocycles. The summed E-state index contributed by atoms with van der Waals surface area (Å²) in [5.74, 6) is 0.705. The van der Waals surface area contributed by atoms with Crippen LogP contribution >= 0.6 is 0 Å². The van der Waals surface area contributed by atoms with E-state index in [4.69, 9.17) is 0 Å². The predicted octanol–water partition coefficient (Wildman–Crippen LogP) is 9.18. The molecule has 2 fully saturated rings. The summed E-state index contributed by atoms with van der Waals surface area (Å²) in [5.41, 5.74) is 0.930. The highest BCUT2D eigenvalue weighted by Gasteiger charge is 2.40. The van der Waals surface area contributed by atoms with Crippen LogP contribution in [0.5, 0.6) is 5.75 Å². The van der Waals surface area contributed by atoms with Gasteiger partial charge in [0.2, 0.25) is 0 Å². The zero-order chi connectivity index (χ0) is 25.7. The lowest BCUT2D eigenvalue weighted by Gasteiger charge is -2.19. The highest BCUT2D eigenvalue weighted by Crippen LogP contribution is 2.52. The normalized spacial score (nSPS) is 24.1. The van der Waals surface area contributed by atoms with E-state index in [9.17, 15) is 26.3 Å². The van der Waals surface area contributed by atoms with Gasteiger partial charge in [-0.3, -0.25) is 0 Å². The second-order valence-corrected chi connectivity index (χ2v) is 10.2. The first kappa shape index (κ1) is 24.7. The Balaban J connectivity index is 1.26. The highest BCUT2D eigenvalue weighted by molar-refractivity contribution is 5.64. The second kappa shape index (κ2) is 9.16. The summed E-state index contributed by atoms with van der Waals surface area (Å²) < 4.78 is 85.6. The van der Waals surface area contributed by atoms with Gasteiger partial charge in [-0.15, -0.1) is 0 Å². The molecule has 0 aliphatic heterocycles. The number of benzene rings is 3. The number of hydrogen-bond donors (Lipinski definition) is 0. The molecule has 3 aromatic rings. The first-order valence-electron chi connectivity index (χ1n) is 12.1. The fourth-order valence-corrected chi connectivity index (χ4v) is 5.99. The summed E-state index contributed by atoms with van der Waals surface area (Å²) in [4.78, 5) is 0. The minimum atomic E-state index is -4.92. The standard InChI is InChI=1S/C29H26F6O/c1-17-12-21-14-23(15-22(21)13-17)20-4-2-18(3-5-20)19-6-8-24(9-7-19)29(34,35)36-25-10-11-26(27(30)16-25)28(31,32)33/h2-11,16-17,21-23H,12-15H2,1H3. The van der Waals surface area contributed by atoms with E-state index in [1.54, 1.807) is 0 Å². The van der Waals surface area contributed by atoms with E-state index in [1.165, 1.54) is 55.5 Å². The van der Waals surface area contributed by atoms with Gasteiger partial charge in [0, 0.05) is 6.07 Å². The second-order valence-electron chi connectivity index (χ2n) is 10.2. The van der Waals surface area contributed by atoms with Gasteiger partial charge < -0.3 is 4.74 Å². The quantitative estimate of drug-likeness (QED) is 0.315. The van der Waals surface area contributed by atoms with E-state index < -0.39 is 35.0 Å². The zero-order valence-electron chi connectivity index (χ0n) is 19.7. The molecule has 5 rings (SSSR count). The Labute approximate surface area is 206 Å². The average molecular weight is 505 g/mol. The third kappa shape index (κ3) is 4.97. The molecule has 2 aliphatic carbocycles. The molecule has 2 atom stereocenters. The first-order valence-corrected chi connectivity index (χ1v) is 12.1. The molecule has 2 saturated carbocycles. The monoisotopic (exact) mass is 504 g/mol. The minimum absolute atomic E-state index is 0.310. The van der Waals surface area contributed by atoms with Gasteiger partial charge in [0.15, 0.2) is 0 Å². The Kier molecular flexibility index (Phi) is 6.29. The number of halogens is 6. The van der Waals surface area contributed by atoms with Crippen molar-refractivity contribution < 1.29 is 31.1 Å². The van der Waals surface area contributed by atoms with Crippen molar-refractivity contribution in [3.63, 3.8) is 0 Å².